The molecule has 2 rings (SSSR count). The molecule has 1 heterocycles. The number of nitrogens with zero attached hydrogens (tertiary/aromatic N) is 2. The van der Waals surface area contributed by atoms with Crippen molar-refractivity contribution < 1.29 is 19.1 Å². The van der Waals surface area contributed by atoms with Crippen LogP contribution >= 0.6 is 0 Å². The Labute approximate surface area is 129 Å². The van der Waals surface area contributed by atoms with Crippen molar-refractivity contribution in [3.63, 3.8) is 0 Å². The molecular formula is C16H21FN2O3. The number of benzene rings is 1. The molecule has 0 bridgehead atoms. The second kappa shape index (κ2) is 6.04. The van der Waals surface area contributed by atoms with Crippen molar-refractivity contribution in [2.24, 2.45) is 0 Å². The van der Waals surface area contributed by atoms with Crippen LogP contribution in [0, 0.1) is 5.82 Å². The molecule has 6 heteroatoms. The fourth-order valence-electron chi connectivity index (χ4n) is 2.76. The molecule has 5 nitrogen and oxygen atoms in total. The highest BCUT2D eigenvalue weighted by Crippen LogP contribution is 2.25. The number of halogens is 1. The number of aliphatic hydroxyl groups is 1. The third-order valence-electron chi connectivity index (χ3n) is 4.11. The molecule has 0 radical (unpaired) electrons. The number of carbonyl (C=O) groups excluding carboxylic acids is 2. The Hall–Kier alpha value is -1.95. The molecule has 1 atom stereocenters. The zero-order valence-corrected chi connectivity index (χ0v) is 13.0. The summed E-state index contributed by atoms with van der Waals surface area (Å²) in [4.78, 5) is 27.7. The third kappa shape index (κ3) is 3.11. The Bertz CT molecular complexity index is 589. The molecule has 1 aliphatic heterocycles. The lowest BCUT2D eigenvalue weighted by atomic mass is 9.96. The summed E-state index contributed by atoms with van der Waals surface area (Å²) in [6, 6.07) is 5.54. The molecule has 22 heavy (non-hydrogen) atoms. The highest BCUT2D eigenvalue weighted by molar-refractivity contribution is 5.91. The Morgan fingerprint density at radius 2 is 2.09 bits per heavy atom. The molecule has 1 aliphatic rings. The van der Waals surface area contributed by atoms with Gasteiger partial charge < -0.3 is 14.9 Å². The maximum Gasteiger partial charge on any atom is 0.247 e. The summed E-state index contributed by atoms with van der Waals surface area (Å²) < 4.78 is 13.2. The molecular weight excluding hydrogens is 287 g/mol. The second-order valence-electron chi connectivity index (χ2n) is 6.11. The van der Waals surface area contributed by atoms with Crippen molar-refractivity contribution in [2.75, 3.05) is 20.1 Å². The molecule has 1 N–H and O–H groups in total. The van der Waals surface area contributed by atoms with E-state index >= 15 is 0 Å². The molecule has 0 aliphatic carbocycles. The van der Waals surface area contributed by atoms with Gasteiger partial charge in [-0.2, -0.15) is 0 Å². The minimum absolute atomic E-state index is 0.132. The van der Waals surface area contributed by atoms with Crippen LogP contribution in [-0.4, -0.2) is 52.4 Å². The van der Waals surface area contributed by atoms with Crippen LogP contribution in [-0.2, 0) is 9.59 Å². The summed E-state index contributed by atoms with van der Waals surface area (Å²) in [6.45, 7) is 4.27. The first-order valence-corrected chi connectivity index (χ1v) is 7.23. The number of amides is 2. The average Bonchev–Trinajstić information content (AvgIpc) is 2.44. The minimum Gasteiger partial charge on any atom is -0.388 e. The van der Waals surface area contributed by atoms with Gasteiger partial charge in [-0.05, 0) is 31.5 Å². The number of hydrogen-bond acceptors (Lipinski definition) is 3. The van der Waals surface area contributed by atoms with Crippen LogP contribution in [0.15, 0.2) is 24.3 Å². The molecule has 120 valence electrons. The largest absolute Gasteiger partial charge is 0.388 e. The van der Waals surface area contributed by atoms with E-state index in [0.717, 1.165) is 0 Å². The van der Waals surface area contributed by atoms with E-state index in [0.29, 0.717) is 18.7 Å². The van der Waals surface area contributed by atoms with E-state index in [1.807, 2.05) is 0 Å². The molecule has 1 aromatic rings. The van der Waals surface area contributed by atoms with Crippen molar-refractivity contribution in [3.8, 4) is 0 Å². The number of rotatable bonds is 3. The standard InChI is InChI=1S/C16H21FN2O3/c1-16(2)15(22)18(3)7-8-19(16)14(21)10-13(20)11-5-4-6-12(17)9-11/h4-6,9,13,20H,7-8,10H2,1-3H3. The van der Waals surface area contributed by atoms with Crippen LogP contribution in [0.1, 0.15) is 31.9 Å². The predicted octanol–water partition coefficient (Wildman–Crippen LogP) is 1.33. The van der Waals surface area contributed by atoms with Gasteiger partial charge in [0.05, 0.1) is 12.5 Å². The minimum atomic E-state index is -1.09. The van der Waals surface area contributed by atoms with E-state index in [2.05, 4.69) is 0 Å². The molecule has 0 spiro atoms. The van der Waals surface area contributed by atoms with Crippen molar-refractivity contribution in [2.45, 2.75) is 31.9 Å². The van der Waals surface area contributed by atoms with Gasteiger partial charge in [-0.25, -0.2) is 4.39 Å². The van der Waals surface area contributed by atoms with Gasteiger partial charge in [-0.1, -0.05) is 12.1 Å². The first kappa shape index (κ1) is 16.4. The Balaban J connectivity index is 2.10. The van der Waals surface area contributed by atoms with E-state index in [1.54, 1.807) is 31.9 Å². The predicted molar refractivity (Wildman–Crippen MR) is 79.4 cm³/mol. The number of aliphatic hydroxyl groups excluding tert-OH is 1. The summed E-state index contributed by atoms with van der Waals surface area (Å²) >= 11 is 0. The van der Waals surface area contributed by atoms with Gasteiger partial charge in [0.15, 0.2) is 0 Å². The van der Waals surface area contributed by atoms with Crippen LogP contribution in [0.2, 0.25) is 0 Å². The van der Waals surface area contributed by atoms with Gasteiger partial charge in [-0.3, -0.25) is 9.59 Å². The molecule has 1 unspecified atom stereocenters. The highest BCUT2D eigenvalue weighted by atomic mass is 19.1. The van der Waals surface area contributed by atoms with E-state index in [1.165, 1.54) is 23.1 Å². The van der Waals surface area contributed by atoms with Gasteiger partial charge in [0.2, 0.25) is 11.8 Å². The Morgan fingerprint density at radius 3 is 2.73 bits per heavy atom. The lowest BCUT2D eigenvalue weighted by Gasteiger charge is -2.45. The van der Waals surface area contributed by atoms with Crippen LogP contribution < -0.4 is 0 Å². The topological polar surface area (TPSA) is 60.9 Å². The highest BCUT2D eigenvalue weighted by Gasteiger charge is 2.43. The first-order valence-electron chi connectivity index (χ1n) is 7.23. The quantitative estimate of drug-likeness (QED) is 0.916. The van der Waals surface area contributed by atoms with E-state index in [4.69, 9.17) is 0 Å². The summed E-state index contributed by atoms with van der Waals surface area (Å²) in [5.41, 5.74) is -0.585. The maximum absolute atomic E-state index is 13.2. The number of piperazine rings is 1. The average molecular weight is 308 g/mol. The van der Waals surface area contributed by atoms with Crippen LogP contribution in [0.25, 0.3) is 0 Å². The molecule has 2 amide bonds. The van der Waals surface area contributed by atoms with Crippen molar-refractivity contribution >= 4 is 11.8 Å². The monoisotopic (exact) mass is 308 g/mol. The second-order valence-corrected chi connectivity index (χ2v) is 6.11. The van der Waals surface area contributed by atoms with E-state index < -0.39 is 17.5 Å². The number of carbonyl (C=O) groups is 2. The molecule has 1 saturated heterocycles. The summed E-state index contributed by atoms with van der Waals surface area (Å²) in [6.07, 6.45) is -1.27. The fourth-order valence-corrected chi connectivity index (χ4v) is 2.76. The number of hydrogen-bond donors (Lipinski definition) is 1. The Morgan fingerprint density at radius 1 is 1.41 bits per heavy atom. The molecule has 1 aromatic carbocycles. The molecule has 0 aromatic heterocycles. The SMILES string of the molecule is CN1CCN(C(=O)CC(O)c2cccc(F)c2)C(C)(C)C1=O. The molecule has 0 saturated carbocycles. The normalized spacial score (nSPS) is 19.2. The van der Waals surface area contributed by atoms with E-state index in [-0.39, 0.29) is 18.2 Å². The van der Waals surface area contributed by atoms with Crippen LogP contribution in [0.4, 0.5) is 4.39 Å². The van der Waals surface area contributed by atoms with Crippen molar-refractivity contribution in [1.29, 1.82) is 0 Å². The maximum atomic E-state index is 13.2. The Kier molecular flexibility index (Phi) is 4.51. The smallest absolute Gasteiger partial charge is 0.247 e. The van der Waals surface area contributed by atoms with E-state index in [9.17, 15) is 19.1 Å². The summed E-state index contributed by atoms with van der Waals surface area (Å²) in [5, 5.41) is 10.1. The third-order valence-corrected chi connectivity index (χ3v) is 4.11. The van der Waals surface area contributed by atoms with Gasteiger partial charge >= 0.3 is 0 Å². The lowest BCUT2D eigenvalue weighted by molar-refractivity contribution is -0.158. The van der Waals surface area contributed by atoms with Gasteiger partial charge in [-0.15, -0.1) is 0 Å². The zero-order valence-electron chi connectivity index (χ0n) is 13.0. The van der Waals surface area contributed by atoms with Crippen molar-refractivity contribution in [3.05, 3.63) is 35.6 Å². The summed E-state index contributed by atoms with van der Waals surface area (Å²) in [5.74, 6) is -0.908. The summed E-state index contributed by atoms with van der Waals surface area (Å²) in [7, 11) is 1.70. The van der Waals surface area contributed by atoms with Crippen LogP contribution in [0.5, 0.6) is 0 Å². The fraction of sp³-hybridized carbons (Fsp3) is 0.500. The zero-order chi connectivity index (χ0) is 16.5. The van der Waals surface area contributed by atoms with Crippen molar-refractivity contribution in [1.82, 2.24) is 9.80 Å². The van der Waals surface area contributed by atoms with Gasteiger partial charge in [0.1, 0.15) is 11.4 Å². The van der Waals surface area contributed by atoms with Gasteiger partial charge in [0.25, 0.3) is 0 Å². The first-order chi connectivity index (χ1) is 10.2. The van der Waals surface area contributed by atoms with Crippen LogP contribution in [0.3, 0.4) is 0 Å². The number of likely N-dealkylation sites (N-methyl/N-ethyl adjacent to an activating group) is 1. The molecule has 1 fully saturated rings. The lowest BCUT2D eigenvalue weighted by Crippen LogP contribution is -2.63. The van der Waals surface area contributed by atoms with Gasteiger partial charge in [0, 0.05) is 20.1 Å².